The van der Waals surface area contributed by atoms with E-state index in [0.717, 1.165) is 36.8 Å². The molecule has 2 N–H and O–H groups in total. The maximum atomic E-state index is 13.4. The van der Waals surface area contributed by atoms with E-state index in [1.807, 2.05) is 19.1 Å². The van der Waals surface area contributed by atoms with Gasteiger partial charge >= 0.3 is 12.1 Å². The van der Waals surface area contributed by atoms with Crippen LogP contribution in [0.15, 0.2) is 60.7 Å². The highest BCUT2D eigenvalue weighted by atomic mass is 19.4. The molecule has 0 heterocycles. The molecule has 0 aromatic heterocycles. The Labute approximate surface area is 207 Å². The second-order valence-electron chi connectivity index (χ2n) is 9.61. The topological polar surface area (TPSA) is 75.6 Å². The first-order valence-corrected chi connectivity index (χ1v) is 11.9. The smallest absolute Gasteiger partial charge is 0.416 e. The predicted molar refractivity (Wildman–Crippen MR) is 130 cm³/mol. The van der Waals surface area contributed by atoms with Gasteiger partial charge in [-0.15, -0.1) is 0 Å². The largest absolute Gasteiger partial charge is 0.487 e. The zero-order valence-electron chi connectivity index (χ0n) is 19.9. The number of benzene rings is 3. The van der Waals surface area contributed by atoms with Crippen molar-refractivity contribution >= 4 is 22.6 Å². The lowest BCUT2D eigenvalue weighted by molar-refractivity contribution is -0.143. The van der Waals surface area contributed by atoms with Crippen molar-refractivity contribution in [1.82, 2.24) is 5.32 Å². The monoisotopic (exact) mass is 499 g/mol. The lowest BCUT2D eigenvalue weighted by Gasteiger charge is -2.38. The fourth-order valence-corrected chi connectivity index (χ4v) is 4.91. The van der Waals surface area contributed by atoms with E-state index in [-0.39, 0.29) is 17.9 Å². The Morgan fingerprint density at radius 1 is 1.00 bits per heavy atom. The molecule has 5 nitrogen and oxygen atoms in total. The number of carboxylic acids is 1. The molecule has 1 aliphatic carbocycles. The number of aliphatic carboxylic acids is 1. The van der Waals surface area contributed by atoms with Crippen LogP contribution in [0.1, 0.15) is 60.5 Å². The van der Waals surface area contributed by atoms with Gasteiger partial charge in [-0.3, -0.25) is 4.79 Å². The molecule has 3 aromatic rings. The number of carbonyl (C=O) groups is 2. The van der Waals surface area contributed by atoms with Gasteiger partial charge in [-0.1, -0.05) is 68.7 Å². The van der Waals surface area contributed by atoms with Crippen LogP contribution in [-0.4, -0.2) is 23.0 Å². The second-order valence-corrected chi connectivity index (χ2v) is 9.61. The highest BCUT2D eigenvalue weighted by Crippen LogP contribution is 2.39. The first-order chi connectivity index (χ1) is 17.1. The molecule has 0 spiro atoms. The number of fused-ring (bicyclic) bond motifs is 1. The molecule has 0 radical (unpaired) electrons. The molecule has 1 aliphatic rings. The number of rotatable bonds is 7. The number of alkyl halides is 3. The minimum Gasteiger partial charge on any atom is -0.487 e. The third kappa shape index (κ3) is 5.48. The molecule has 0 aliphatic heterocycles. The summed E-state index contributed by atoms with van der Waals surface area (Å²) in [6.07, 6.45) is -0.155. The van der Waals surface area contributed by atoms with E-state index < -0.39 is 35.1 Å². The van der Waals surface area contributed by atoms with E-state index in [4.69, 9.17) is 4.74 Å². The van der Waals surface area contributed by atoms with Gasteiger partial charge in [-0.05, 0) is 47.4 Å². The van der Waals surface area contributed by atoms with Gasteiger partial charge in [-0.2, -0.15) is 13.2 Å². The molecule has 36 heavy (non-hydrogen) atoms. The van der Waals surface area contributed by atoms with E-state index >= 15 is 0 Å². The highest BCUT2D eigenvalue weighted by molar-refractivity contribution is 6.05. The molecule has 3 aromatic carbocycles. The number of hydrogen-bond donors (Lipinski definition) is 2. The van der Waals surface area contributed by atoms with Crippen LogP contribution >= 0.6 is 0 Å². The zero-order valence-corrected chi connectivity index (χ0v) is 19.9. The summed E-state index contributed by atoms with van der Waals surface area (Å²) >= 11 is 0. The molecule has 8 heteroatoms. The van der Waals surface area contributed by atoms with Crippen LogP contribution in [0.5, 0.6) is 5.75 Å². The normalized spacial score (nSPS) is 16.3. The Kier molecular flexibility index (Phi) is 7.24. The minimum absolute atomic E-state index is 0.0630. The van der Waals surface area contributed by atoms with Crippen LogP contribution in [0.25, 0.3) is 10.8 Å². The second kappa shape index (κ2) is 10.2. The minimum atomic E-state index is -4.43. The number of amides is 1. The highest BCUT2D eigenvalue weighted by Gasteiger charge is 2.41. The molecule has 1 amide bonds. The first kappa shape index (κ1) is 25.5. The zero-order chi connectivity index (χ0) is 25.9. The standard InChI is InChI=1S/C28H28F3NO4/c1-27(15-5-2-6-16-27)24(26(34)35)32-25(33)22-14-11-19-7-3-4-8-21(19)23(22)36-17-18-9-12-20(13-10-18)28(29,30)31/h3-4,7-14,24H,2,5-6,15-17H2,1H3,(H,32,33)(H,34,35). The maximum absolute atomic E-state index is 13.4. The fourth-order valence-electron chi connectivity index (χ4n) is 4.91. The number of carbonyl (C=O) groups excluding carboxylic acids is 1. The predicted octanol–water partition coefficient (Wildman–Crippen LogP) is 6.59. The van der Waals surface area contributed by atoms with Gasteiger partial charge in [-0.25, -0.2) is 4.79 Å². The Morgan fingerprint density at radius 3 is 2.31 bits per heavy atom. The fraction of sp³-hybridized carbons (Fsp3) is 0.357. The summed E-state index contributed by atoms with van der Waals surface area (Å²) in [7, 11) is 0. The maximum Gasteiger partial charge on any atom is 0.416 e. The molecule has 0 bridgehead atoms. The third-order valence-corrected chi connectivity index (χ3v) is 7.00. The Bertz CT molecular complexity index is 1250. The Hall–Kier alpha value is -3.55. The summed E-state index contributed by atoms with van der Waals surface area (Å²) in [5.41, 5.74) is -0.642. The van der Waals surface area contributed by atoms with Crippen molar-refractivity contribution in [2.24, 2.45) is 5.41 Å². The summed E-state index contributed by atoms with van der Waals surface area (Å²) in [4.78, 5) is 25.5. The third-order valence-electron chi connectivity index (χ3n) is 7.00. The molecule has 1 unspecified atom stereocenters. The Morgan fingerprint density at radius 2 is 1.67 bits per heavy atom. The van der Waals surface area contributed by atoms with Crippen molar-refractivity contribution < 1.29 is 32.6 Å². The van der Waals surface area contributed by atoms with Crippen molar-refractivity contribution in [3.8, 4) is 5.75 Å². The van der Waals surface area contributed by atoms with E-state index in [0.29, 0.717) is 23.8 Å². The van der Waals surface area contributed by atoms with E-state index in [9.17, 15) is 27.9 Å². The summed E-state index contributed by atoms with van der Waals surface area (Å²) < 4.78 is 44.7. The van der Waals surface area contributed by atoms with Crippen LogP contribution in [-0.2, 0) is 17.6 Å². The van der Waals surface area contributed by atoms with Gasteiger partial charge in [0.1, 0.15) is 18.4 Å². The molecule has 1 saturated carbocycles. The van der Waals surface area contributed by atoms with Gasteiger partial charge in [0.05, 0.1) is 11.1 Å². The van der Waals surface area contributed by atoms with Crippen molar-refractivity contribution in [3.05, 3.63) is 77.4 Å². The van der Waals surface area contributed by atoms with Crippen LogP contribution in [0.4, 0.5) is 13.2 Å². The first-order valence-electron chi connectivity index (χ1n) is 11.9. The molecule has 190 valence electrons. The van der Waals surface area contributed by atoms with Gasteiger partial charge in [0, 0.05) is 5.39 Å². The van der Waals surface area contributed by atoms with Crippen molar-refractivity contribution in [1.29, 1.82) is 0 Å². The van der Waals surface area contributed by atoms with Gasteiger partial charge in [0.2, 0.25) is 0 Å². The van der Waals surface area contributed by atoms with Crippen molar-refractivity contribution in [2.75, 3.05) is 0 Å². The molecule has 1 atom stereocenters. The van der Waals surface area contributed by atoms with E-state index in [1.54, 1.807) is 24.3 Å². The number of carboxylic acid groups (broad SMARTS) is 1. The van der Waals surface area contributed by atoms with Gasteiger partial charge in [0.25, 0.3) is 5.91 Å². The number of halogens is 3. The molecular formula is C28H28F3NO4. The van der Waals surface area contributed by atoms with E-state index in [2.05, 4.69) is 5.32 Å². The average Bonchev–Trinajstić information content (AvgIpc) is 2.85. The lowest BCUT2D eigenvalue weighted by atomic mass is 9.70. The summed E-state index contributed by atoms with van der Waals surface area (Å²) in [5.74, 6) is -1.40. The summed E-state index contributed by atoms with van der Waals surface area (Å²) in [5, 5.41) is 14.1. The SMILES string of the molecule is CC1(C(NC(=O)c2ccc3ccccc3c2OCc2ccc(C(F)(F)F)cc2)C(=O)O)CCCCC1. The van der Waals surface area contributed by atoms with Crippen molar-refractivity contribution in [2.45, 2.75) is 57.9 Å². The average molecular weight is 500 g/mol. The molecule has 4 rings (SSSR count). The number of ether oxygens (including phenoxy) is 1. The number of nitrogens with one attached hydrogen (secondary N) is 1. The van der Waals surface area contributed by atoms with E-state index in [1.165, 1.54) is 12.1 Å². The molecule has 0 saturated heterocycles. The summed E-state index contributed by atoms with van der Waals surface area (Å²) in [6.45, 7) is 1.83. The summed E-state index contributed by atoms with van der Waals surface area (Å²) in [6, 6.07) is 14.2. The Balaban J connectivity index is 1.63. The van der Waals surface area contributed by atoms with Crippen molar-refractivity contribution in [3.63, 3.8) is 0 Å². The van der Waals surface area contributed by atoms with Crippen LogP contribution in [0, 0.1) is 5.41 Å². The van der Waals surface area contributed by atoms with Crippen LogP contribution < -0.4 is 10.1 Å². The number of hydrogen-bond acceptors (Lipinski definition) is 3. The quantitative estimate of drug-likeness (QED) is 0.385. The van der Waals surface area contributed by atoms with Crippen LogP contribution in [0.3, 0.4) is 0 Å². The molecule has 1 fully saturated rings. The van der Waals surface area contributed by atoms with Gasteiger partial charge in [0.15, 0.2) is 0 Å². The molecular weight excluding hydrogens is 471 g/mol. The van der Waals surface area contributed by atoms with Crippen LogP contribution in [0.2, 0.25) is 0 Å². The van der Waals surface area contributed by atoms with Gasteiger partial charge < -0.3 is 15.2 Å². The lowest BCUT2D eigenvalue weighted by Crippen LogP contribution is -2.52.